The molecule has 1 unspecified atom stereocenters. The van der Waals surface area contributed by atoms with Gasteiger partial charge in [-0.25, -0.2) is 0 Å². The van der Waals surface area contributed by atoms with E-state index in [2.05, 4.69) is 13.8 Å². The number of aryl methyl sites for hydroxylation is 2. The van der Waals surface area contributed by atoms with Gasteiger partial charge in [-0.2, -0.15) is 0 Å². The van der Waals surface area contributed by atoms with Crippen LogP contribution in [0.2, 0.25) is 0 Å². The lowest BCUT2D eigenvalue weighted by atomic mass is 10.1. The molecule has 0 radical (unpaired) electrons. The lowest BCUT2D eigenvalue weighted by Gasteiger charge is -2.13. The van der Waals surface area contributed by atoms with Gasteiger partial charge in [0.2, 0.25) is 0 Å². The fourth-order valence-electron chi connectivity index (χ4n) is 1.05. The van der Waals surface area contributed by atoms with Gasteiger partial charge in [0.15, 0.2) is 0 Å². The Morgan fingerprint density at radius 1 is 1.31 bits per heavy atom. The van der Waals surface area contributed by atoms with Gasteiger partial charge in [0.05, 0.1) is 0 Å². The van der Waals surface area contributed by atoms with Crippen LogP contribution in [0.15, 0.2) is 18.2 Å². The predicted octanol–water partition coefficient (Wildman–Crippen LogP) is 2.38. The van der Waals surface area contributed by atoms with Crippen molar-refractivity contribution in [3.63, 3.8) is 0 Å². The summed E-state index contributed by atoms with van der Waals surface area (Å²) in [4.78, 5) is 0. The van der Waals surface area contributed by atoms with E-state index in [1.807, 2.05) is 25.1 Å². The highest BCUT2D eigenvalue weighted by Crippen LogP contribution is 2.17. The third kappa shape index (κ3) is 2.74. The monoisotopic (exact) mass is 179 g/mol. The lowest BCUT2D eigenvalue weighted by Crippen LogP contribution is -2.25. The summed E-state index contributed by atoms with van der Waals surface area (Å²) in [5.41, 5.74) is 8.18. The van der Waals surface area contributed by atoms with Crippen LogP contribution in [-0.2, 0) is 0 Å². The first-order valence-corrected chi connectivity index (χ1v) is 4.63. The Hall–Kier alpha value is -1.02. The van der Waals surface area contributed by atoms with Crippen molar-refractivity contribution in [2.24, 2.45) is 5.73 Å². The van der Waals surface area contributed by atoms with E-state index in [0.29, 0.717) is 0 Å². The maximum Gasteiger partial charge on any atom is 0.147 e. The van der Waals surface area contributed by atoms with E-state index < -0.39 is 0 Å². The summed E-state index contributed by atoms with van der Waals surface area (Å²) in [5, 5.41) is 0. The molecule has 0 aliphatic heterocycles. The number of rotatable bonds is 3. The molecular weight excluding hydrogens is 162 g/mol. The normalized spacial score (nSPS) is 12.6. The minimum absolute atomic E-state index is 0.192. The van der Waals surface area contributed by atoms with Crippen LogP contribution >= 0.6 is 0 Å². The van der Waals surface area contributed by atoms with Crippen LogP contribution in [0.5, 0.6) is 5.75 Å². The SMILES string of the molecule is CCC(N)Oc1ccc(C)c(C)c1. The molecule has 0 aliphatic carbocycles. The lowest BCUT2D eigenvalue weighted by molar-refractivity contribution is 0.205. The summed E-state index contributed by atoms with van der Waals surface area (Å²) in [7, 11) is 0. The fraction of sp³-hybridized carbons (Fsp3) is 0.455. The van der Waals surface area contributed by atoms with E-state index in [9.17, 15) is 0 Å². The molecule has 0 heterocycles. The Kier molecular flexibility index (Phi) is 3.32. The van der Waals surface area contributed by atoms with Crippen molar-refractivity contribution >= 4 is 0 Å². The van der Waals surface area contributed by atoms with Crippen LogP contribution in [-0.4, -0.2) is 6.23 Å². The third-order valence-electron chi connectivity index (χ3n) is 2.17. The first-order chi connectivity index (χ1) is 6.13. The average molecular weight is 179 g/mol. The Morgan fingerprint density at radius 2 is 2.00 bits per heavy atom. The average Bonchev–Trinajstić information content (AvgIpc) is 2.11. The van der Waals surface area contributed by atoms with E-state index in [4.69, 9.17) is 10.5 Å². The van der Waals surface area contributed by atoms with Crippen LogP contribution in [0.25, 0.3) is 0 Å². The Bertz CT molecular complexity index is 283. The Balaban J connectivity index is 2.73. The fourth-order valence-corrected chi connectivity index (χ4v) is 1.05. The first-order valence-electron chi connectivity index (χ1n) is 4.63. The van der Waals surface area contributed by atoms with Gasteiger partial charge in [-0.1, -0.05) is 13.0 Å². The van der Waals surface area contributed by atoms with Gasteiger partial charge in [0.1, 0.15) is 12.0 Å². The summed E-state index contributed by atoms with van der Waals surface area (Å²) in [6.45, 7) is 6.16. The summed E-state index contributed by atoms with van der Waals surface area (Å²) < 4.78 is 5.48. The van der Waals surface area contributed by atoms with E-state index in [1.165, 1.54) is 11.1 Å². The predicted molar refractivity (Wildman–Crippen MR) is 54.8 cm³/mol. The van der Waals surface area contributed by atoms with Crippen LogP contribution < -0.4 is 10.5 Å². The zero-order chi connectivity index (χ0) is 9.84. The number of nitrogens with two attached hydrogens (primary N) is 1. The molecule has 0 fully saturated rings. The zero-order valence-corrected chi connectivity index (χ0v) is 8.50. The van der Waals surface area contributed by atoms with Crippen molar-refractivity contribution in [3.05, 3.63) is 29.3 Å². The molecule has 2 nitrogen and oxygen atoms in total. The second-order valence-corrected chi connectivity index (χ2v) is 3.31. The first kappa shape index (κ1) is 10.1. The number of benzene rings is 1. The number of ether oxygens (including phenoxy) is 1. The Labute approximate surface area is 79.7 Å². The third-order valence-corrected chi connectivity index (χ3v) is 2.17. The second kappa shape index (κ2) is 4.28. The van der Waals surface area contributed by atoms with Gasteiger partial charge >= 0.3 is 0 Å². The van der Waals surface area contributed by atoms with E-state index >= 15 is 0 Å². The molecule has 1 atom stereocenters. The molecule has 0 saturated heterocycles. The van der Waals surface area contributed by atoms with Crippen LogP contribution in [0, 0.1) is 13.8 Å². The summed E-state index contributed by atoms with van der Waals surface area (Å²) in [6, 6.07) is 6.02. The highest BCUT2D eigenvalue weighted by atomic mass is 16.5. The van der Waals surface area contributed by atoms with E-state index in [-0.39, 0.29) is 6.23 Å². The van der Waals surface area contributed by atoms with Crippen molar-refractivity contribution in [1.29, 1.82) is 0 Å². The van der Waals surface area contributed by atoms with Crippen LogP contribution in [0.3, 0.4) is 0 Å². The molecule has 1 rings (SSSR count). The minimum atomic E-state index is -0.192. The molecule has 0 amide bonds. The molecule has 1 aromatic rings. The number of hydrogen-bond donors (Lipinski definition) is 1. The molecule has 1 aromatic carbocycles. The molecule has 0 aliphatic rings. The maximum atomic E-state index is 5.67. The molecule has 13 heavy (non-hydrogen) atoms. The van der Waals surface area contributed by atoms with Gasteiger partial charge in [-0.15, -0.1) is 0 Å². The van der Waals surface area contributed by atoms with Gasteiger partial charge in [0, 0.05) is 0 Å². The van der Waals surface area contributed by atoms with Gasteiger partial charge in [0.25, 0.3) is 0 Å². The highest BCUT2D eigenvalue weighted by Gasteiger charge is 2.01. The summed E-state index contributed by atoms with van der Waals surface area (Å²) >= 11 is 0. The largest absolute Gasteiger partial charge is 0.476 e. The zero-order valence-electron chi connectivity index (χ0n) is 8.50. The van der Waals surface area contributed by atoms with Crippen molar-refractivity contribution < 1.29 is 4.74 Å². The van der Waals surface area contributed by atoms with Crippen molar-refractivity contribution in [1.82, 2.24) is 0 Å². The molecule has 0 bridgehead atoms. The summed E-state index contributed by atoms with van der Waals surface area (Å²) in [6.07, 6.45) is 0.634. The topological polar surface area (TPSA) is 35.2 Å². The molecule has 0 spiro atoms. The van der Waals surface area contributed by atoms with Crippen molar-refractivity contribution in [2.45, 2.75) is 33.4 Å². The van der Waals surface area contributed by atoms with Crippen molar-refractivity contribution in [3.8, 4) is 5.75 Å². The van der Waals surface area contributed by atoms with Crippen LogP contribution in [0.1, 0.15) is 24.5 Å². The molecule has 72 valence electrons. The molecule has 2 N–H and O–H groups in total. The van der Waals surface area contributed by atoms with Crippen LogP contribution in [0.4, 0.5) is 0 Å². The molecular formula is C11H17NO. The van der Waals surface area contributed by atoms with Gasteiger partial charge < -0.3 is 4.74 Å². The highest BCUT2D eigenvalue weighted by molar-refractivity contribution is 5.33. The van der Waals surface area contributed by atoms with Gasteiger partial charge in [-0.05, 0) is 43.5 Å². The van der Waals surface area contributed by atoms with Gasteiger partial charge in [-0.3, -0.25) is 5.73 Å². The Morgan fingerprint density at radius 3 is 2.54 bits per heavy atom. The number of hydrogen-bond acceptors (Lipinski definition) is 2. The van der Waals surface area contributed by atoms with E-state index in [0.717, 1.165) is 12.2 Å². The van der Waals surface area contributed by atoms with Crippen molar-refractivity contribution in [2.75, 3.05) is 0 Å². The molecule has 0 aromatic heterocycles. The maximum absolute atomic E-state index is 5.67. The second-order valence-electron chi connectivity index (χ2n) is 3.31. The van der Waals surface area contributed by atoms with E-state index in [1.54, 1.807) is 0 Å². The minimum Gasteiger partial charge on any atom is -0.476 e. The molecule has 0 saturated carbocycles. The summed E-state index contributed by atoms with van der Waals surface area (Å²) in [5.74, 6) is 0.859. The smallest absolute Gasteiger partial charge is 0.147 e. The molecule has 2 heteroatoms. The quantitative estimate of drug-likeness (QED) is 0.723. The standard InChI is InChI=1S/C11H17NO/c1-4-11(12)13-10-6-5-8(2)9(3)7-10/h5-7,11H,4,12H2,1-3H3.